The number of rotatable bonds is 5. The van der Waals surface area contributed by atoms with Crippen molar-refractivity contribution in [1.82, 2.24) is 0 Å². The molecule has 82 valence electrons. The molecule has 4 nitrogen and oxygen atoms in total. The van der Waals surface area contributed by atoms with Gasteiger partial charge in [0.05, 0.1) is 0 Å². The van der Waals surface area contributed by atoms with E-state index in [1.807, 2.05) is 0 Å². The lowest BCUT2D eigenvalue weighted by molar-refractivity contribution is -0.137. The maximum atomic E-state index is 10.3. The highest BCUT2D eigenvalue weighted by Gasteiger charge is 2.17. The molecular formula is C10H19NO3. The Bertz CT molecular complexity index is 178. The maximum absolute atomic E-state index is 10.3. The van der Waals surface area contributed by atoms with E-state index < -0.39 is 5.97 Å². The number of aliphatic carboxylic acids is 1. The summed E-state index contributed by atoms with van der Waals surface area (Å²) in [6.45, 7) is 1.65. The van der Waals surface area contributed by atoms with Crippen LogP contribution in [0.2, 0.25) is 0 Å². The van der Waals surface area contributed by atoms with E-state index in [9.17, 15) is 4.79 Å². The fraction of sp³-hybridized carbons (Fsp3) is 0.900. The molecule has 14 heavy (non-hydrogen) atoms. The van der Waals surface area contributed by atoms with E-state index >= 15 is 0 Å². The zero-order chi connectivity index (χ0) is 10.4. The van der Waals surface area contributed by atoms with E-state index in [1.165, 1.54) is 6.42 Å². The molecule has 0 aliphatic carbocycles. The third-order valence-corrected chi connectivity index (χ3v) is 2.62. The Morgan fingerprint density at radius 1 is 1.64 bits per heavy atom. The molecule has 0 saturated carbocycles. The summed E-state index contributed by atoms with van der Waals surface area (Å²) in [5.41, 5.74) is 5.83. The Hall–Kier alpha value is -0.610. The summed E-state index contributed by atoms with van der Waals surface area (Å²) in [5.74, 6) is -0.229. The second-order valence-electron chi connectivity index (χ2n) is 4.01. The van der Waals surface area contributed by atoms with Crippen LogP contribution in [0.4, 0.5) is 0 Å². The summed E-state index contributed by atoms with van der Waals surface area (Å²) in [6, 6.07) is 0.0119. The molecule has 1 rings (SSSR count). The minimum Gasteiger partial charge on any atom is -0.481 e. The third-order valence-electron chi connectivity index (χ3n) is 2.62. The Morgan fingerprint density at radius 2 is 2.43 bits per heavy atom. The molecule has 1 heterocycles. The van der Waals surface area contributed by atoms with Gasteiger partial charge in [0.1, 0.15) is 0 Å². The normalized spacial score (nSPS) is 24.5. The zero-order valence-corrected chi connectivity index (χ0v) is 8.45. The van der Waals surface area contributed by atoms with Crippen molar-refractivity contribution in [2.75, 3.05) is 13.2 Å². The standard InChI is InChI=1S/C10H19NO3/c11-9(3-4-10(12)13)6-8-2-1-5-14-7-8/h8-9H,1-7,11H2,(H,12,13). The van der Waals surface area contributed by atoms with Crippen molar-refractivity contribution in [3.05, 3.63) is 0 Å². The SMILES string of the molecule is NC(CCC(=O)O)CC1CCCOC1. The second-order valence-corrected chi connectivity index (χ2v) is 4.01. The average Bonchev–Trinajstić information content (AvgIpc) is 2.16. The Labute approximate surface area is 84.4 Å². The van der Waals surface area contributed by atoms with Crippen molar-refractivity contribution in [2.45, 2.75) is 38.1 Å². The molecule has 0 aromatic heterocycles. The molecule has 2 unspecified atom stereocenters. The van der Waals surface area contributed by atoms with Gasteiger partial charge in [-0.1, -0.05) is 0 Å². The molecule has 0 bridgehead atoms. The van der Waals surface area contributed by atoms with Crippen LogP contribution < -0.4 is 5.73 Å². The van der Waals surface area contributed by atoms with Crippen LogP contribution in [-0.4, -0.2) is 30.3 Å². The highest BCUT2D eigenvalue weighted by molar-refractivity contribution is 5.66. The first-order valence-corrected chi connectivity index (χ1v) is 5.23. The Morgan fingerprint density at radius 3 is 3.00 bits per heavy atom. The van der Waals surface area contributed by atoms with Gasteiger partial charge in [0.2, 0.25) is 0 Å². The maximum Gasteiger partial charge on any atom is 0.303 e. The van der Waals surface area contributed by atoms with Crippen LogP contribution in [0, 0.1) is 5.92 Å². The molecule has 1 aliphatic heterocycles. The van der Waals surface area contributed by atoms with Crippen LogP contribution in [0.3, 0.4) is 0 Å². The zero-order valence-electron chi connectivity index (χ0n) is 8.45. The first kappa shape index (κ1) is 11.5. The van der Waals surface area contributed by atoms with Gasteiger partial charge >= 0.3 is 5.97 Å². The van der Waals surface area contributed by atoms with E-state index in [0.717, 1.165) is 26.1 Å². The topological polar surface area (TPSA) is 72.6 Å². The fourth-order valence-corrected chi connectivity index (χ4v) is 1.85. The summed E-state index contributed by atoms with van der Waals surface area (Å²) in [7, 11) is 0. The highest BCUT2D eigenvalue weighted by atomic mass is 16.5. The van der Waals surface area contributed by atoms with Crippen LogP contribution in [0.25, 0.3) is 0 Å². The van der Waals surface area contributed by atoms with Gasteiger partial charge in [0.25, 0.3) is 0 Å². The van der Waals surface area contributed by atoms with Crippen LogP contribution in [-0.2, 0) is 9.53 Å². The van der Waals surface area contributed by atoms with Crippen LogP contribution in [0.1, 0.15) is 32.1 Å². The molecule has 0 spiro atoms. The molecule has 1 saturated heterocycles. The van der Waals surface area contributed by atoms with Crippen LogP contribution in [0.15, 0.2) is 0 Å². The molecule has 0 radical (unpaired) electrons. The van der Waals surface area contributed by atoms with Crippen molar-refractivity contribution < 1.29 is 14.6 Å². The number of carboxylic acids is 1. The summed E-state index contributed by atoms with van der Waals surface area (Å²) in [5, 5.41) is 8.49. The van der Waals surface area contributed by atoms with E-state index in [0.29, 0.717) is 12.3 Å². The van der Waals surface area contributed by atoms with Crippen molar-refractivity contribution >= 4 is 5.97 Å². The van der Waals surface area contributed by atoms with Crippen molar-refractivity contribution in [3.8, 4) is 0 Å². The minimum absolute atomic E-state index is 0.0119. The smallest absolute Gasteiger partial charge is 0.303 e. The van der Waals surface area contributed by atoms with Gasteiger partial charge in [-0.15, -0.1) is 0 Å². The quantitative estimate of drug-likeness (QED) is 0.696. The molecule has 0 aromatic rings. The summed E-state index contributed by atoms with van der Waals surface area (Å²) < 4.78 is 5.34. The number of carboxylic acid groups (broad SMARTS) is 1. The van der Waals surface area contributed by atoms with Gasteiger partial charge in [-0.3, -0.25) is 4.79 Å². The van der Waals surface area contributed by atoms with Gasteiger partial charge < -0.3 is 15.6 Å². The highest BCUT2D eigenvalue weighted by Crippen LogP contribution is 2.19. The molecule has 1 fully saturated rings. The summed E-state index contributed by atoms with van der Waals surface area (Å²) >= 11 is 0. The van der Waals surface area contributed by atoms with Crippen molar-refractivity contribution in [3.63, 3.8) is 0 Å². The average molecular weight is 201 g/mol. The molecule has 4 heteroatoms. The molecule has 3 N–H and O–H groups in total. The number of ether oxygens (including phenoxy) is 1. The molecule has 2 atom stereocenters. The molecule has 0 aromatic carbocycles. The van der Waals surface area contributed by atoms with E-state index in [4.69, 9.17) is 15.6 Å². The first-order valence-electron chi connectivity index (χ1n) is 5.23. The third kappa shape index (κ3) is 4.58. The van der Waals surface area contributed by atoms with E-state index in [1.54, 1.807) is 0 Å². The van der Waals surface area contributed by atoms with Crippen LogP contribution in [0.5, 0.6) is 0 Å². The lowest BCUT2D eigenvalue weighted by Gasteiger charge is -2.24. The summed E-state index contributed by atoms with van der Waals surface area (Å²) in [6.07, 6.45) is 3.92. The van der Waals surface area contributed by atoms with Crippen molar-refractivity contribution in [1.29, 1.82) is 0 Å². The van der Waals surface area contributed by atoms with Gasteiger partial charge in [-0.2, -0.15) is 0 Å². The predicted molar refractivity (Wildman–Crippen MR) is 53.0 cm³/mol. The fourth-order valence-electron chi connectivity index (χ4n) is 1.85. The Balaban J connectivity index is 2.11. The molecule has 0 amide bonds. The van der Waals surface area contributed by atoms with Gasteiger partial charge in [0, 0.05) is 25.7 Å². The lowest BCUT2D eigenvalue weighted by Crippen LogP contribution is -2.28. The largest absolute Gasteiger partial charge is 0.481 e. The van der Waals surface area contributed by atoms with Gasteiger partial charge in [0.15, 0.2) is 0 Å². The first-order chi connectivity index (χ1) is 6.68. The minimum atomic E-state index is -0.764. The van der Waals surface area contributed by atoms with Crippen LogP contribution >= 0.6 is 0 Å². The number of hydrogen-bond acceptors (Lipinski definition) is 3. The molecular weight excluding hydrogens is 182 g/mol. The number of carbonyl (C=O) groups is 1. The second kappa shape index (κ2) is 5.98. The van der Waals surface area contributed by atoms with Gasteiger partial charge in [-0.25, -0.2) is 0 Å². The summed E-state index contributed by atoms with van der Waals surface area (Å²) in [4.78, 5) is 10.3. The molecule has 1 aliphatic rings. The Kier molecular flexibility index (Phi) is 4.90. The van der Waals surface area contributed by atoms with E-state index in [-0.39, 0.29) is 12.5 Å². The number of hydrogen-bond donors (Lipinski definition) is 2. The van der Waals surface area contributed by atoms with Gasteiger partial charge in [-0.05, 0) is 31.6 Å². The predicted octanol–water partition coefficient (Wildman–Crippen LogP) is 0.995. The van der Waals surface area contributed by atoms with Crippen molar-refractivity contribution in [2.24, 2.45) is 11.7 Å². The van der Waals surface area contributed by atoms with E-state index in [2.05, 4.69) is 0 Å². The monoisotopic (exact) mass is 201 g/mol. The number of nitrogens with two attached hydrogens (primary N) is 1. The lowest BCUT2D eigenvalue weighted by atomic mass is 9.93.